The van der Waals surface area contributed by atoms with Gasteiger partial charge in [-0.25, -0.2) is 0 Å². The Morgan fingerprint density at radius 1 is 0.600 bits per heavy atom. The smallest absolute Gasteiger partial charge is 0.274 e. The van der Waals surface area contributed by atoms with Gasteiger partial charge in [0.15, 0.2) is 0 Å². The van der Waals surface area contributed by atoms with Crippen molar-refractivity contribution in [1.29, 1.82) is 0 Å². The summed E-state index contributed by atoms with van der Waals surface area (Å²) in [5, 5.41) is 0. The average Bonchev–Trinajstić information content (AvgIpc) is 1.00. The number of hydrogen-bond donors (Lipinski definition) is 5. The fraction of sp³-hybridized carbons (Fsp3) is 0. The SMILES string of the molecule is N.N.N.NN. The monoisotopic (exact) mass is 83.1 g/mol. The van der Waals surface area contributed by atoms with Gasteiger partial charge < -0.3 is 18.5 Å². The van der Waals surface area contributed by atoms with Crippen LogP contribution in [0.4, 0.5) is 0 Å². The summed E-state index contributed by atoms with van der Waals surface area (Å²) in [5.41, 5.74) is 0. The van der Waals surface area contributed by atoms with Crippen molar-refractivity contribution in [3.8, 4) is 0 Å². The second-order valence-electron chi connectivity index (χ2n) is 0. The lowest BCUT2D eigenvalue weighted by atomic mass is 13.0. The molecule has 0 bridgehead atoms. The predicted octanol–water partition coefficient (Wildman–Crippen LogP) is -0.695. The highest BCUT2D eigenvalue weighted by atomic mass is 15.0. The molecule has 0 aliphatic rings. The lowest BCUT2D eigenvalue weighted by molar-refractivity contribution is 1.26. The van der Waals surface area contributed by atoms with E-state index < -0.39 is 0 Å². The van der Waals surface area contributed by atoms with Crippen molar-refractivity contribution in [3.05, 3.63) is 0 Å². The highest BCUT2D eigenvalue weighted by Gasteiger charge is 0.726. The van der Waals surface area contributed by atoms with Crippen LogP contribution in [0.15, 0.2) is 0 Å². The second kappa shape index (κ2) is 745. The van der Waals surface area contributed by atoms with Gasteiger partial charge in [0.05, 0.1) is 0 Å². The van der Waals surface area contributed by atoms with Gasteiger partial charge >= 0.3 is 0 Å². The Morgan fingerprint density at radius 2 is 0.600 bits per heavy atom. The van der Waals surface area contributed by atoms with Crippen molar-refractivity contribution in [1.82, 2.24) is 18.5 Å². The molecule has 0 aliphatic carbocycles. The van der Waals surface area contributed by atoms with E-state index in [9.17, 15) is 0 Å². The largest absolute Gasteiger partial charge is 0.344 e. The summed E-state index contributed by atoms with van der Waals surface area (Å²) < 4.78 is 0. The second-order valence-corrected chi connectivity index (χ2v) is 0. The zero-order valence-electron chi connectivity index (χ0n) is 3.28. The molecule has 0 saturated carbocycles. The minimum Gasteiger partial charge on any atom is -0.344 e. The van der Waals surface area contributed by atoms with Gasteiger partial charge in [-0.3, -0.25) is 11.7 Å². The van der Waals surface area contributed by atoms with Gasteiger partial charge in [-0.2, -0.15) is 0 Å². The van der Waals surface area contributed by atoms with Crippen molar-refractivity contribution in [2.24, 2.45) is 11.7 Å². The quantitative estimate of drug-likeness (QED) is 0.193. The normalized spacial score (nSPS) is 1.20. The van der Waals surface area contributed by atoms with Gasteiger partial charge in [-0.05, 0) is 0 Å². The van der Waals surface area contributed by atoms with Crippen LogP contribution in [0.3, 0.4) is 0 Å². The van der Waals surface area contributed by atoms with Crippen molar-refractivity contribution >= 4 is 0 Å². The lowest BCUT2D eigenvalue weighted by Crippen LogP contribution is -2.02. The van der Waals surface area contributed by atoms with Crippen LogP contribution < -0.4 is 30.1 Å². The van der Waals surface area contributed by atoms with E-state index in [0.29, 0.717) is 0 Å². The highest BCUT2D eigenvalue weighted by Crippen LogP contribution is -0.0190. The molecular formula is H13N5. The van der Waals surface area contributed by atoms with Crippen molar-refractivity contribution < 1.29 is 0 Å². The Balaban J connectivity index is -0.00000000167. The van der Waals surface area contributed by atoms with Gasteiger partial charge in [0.2, 0.25) is 0 Å². The first-order chi connectivity index (χ1) is 1.00. The Bertz CT molecular complexity index is 0. The third-order valence-electron chi connectivity index (χ3n) is 0. The Labute approximate surface area is 31.4 Å². The van der Waals surface area contributed by atoms with Crippen LogP contribution in [0.1, 0.15) is 0 Å². The van der Waals surface area contributed by atoms with E-state index in [2.05, 4.69) is 11.7 Å². The summed E-state index contributed by atoms with van der Waals surface area (Å²) in [6, 6.07) is 0. The average molecular weight is 83.1 g/mol. The molecule has 0 heterocycles. The third kappa shape index (κ3) is 308. The topological polar surface area (TPSA) is 157 Å². The molecule has 0 fully saturated rings. The molecule has 0 aromatic rings. The number of hydrazine groups is 1. The first-order valence-corrected chi connectivity index (χ1v) is 0.333. The molecule has 0 amide bonds. The van der Waals surface area contributed by atoms with Crippen LogP contribution in [0.5, 0.6) is 0 Å². The molecule has 0 spiro atoms. The van der Waals surface area contributed by atoms with E-state index in [1.807, 2.05) is 0 Å². The van der Waals surface area contributed by atoms with Crippen molar-refractivity contribution in [3.63, 3.8) is 0 Å². The standard InChI is InChI=1S/H4N2.3H3N/c1-2;;;/h1-2H2;3*1H3. The summed E-state index contributed by atoms with van der Waals surface area (Å²) in [5.74, 6) is 8.00. The van der Waals surface area contributed by atoms with Gasteiger partial charge in [-0.1, -0.05) is 0 Å². The molecule has 0 aliphatic heterocycles. The van der Waals surface area contributed by atoms with Crippen LogP contribution in [-0.2, 0) is 0 Å². The zero-order valence-corrected chi connectivity index (χ0v) is 3.28. The maximum absolute atomic E-state index is 4.00. The van der Waals surface area contributed by atoms with Crippen molar-refractivity contribution in [2.45, 2.75) is 0 Å². The Hall–Kier alpha value is -0.200. The van der Waals surface area contributed by atoms with E-state index in [1.54, 1.807) is 0 Å². The third-order valence-corrected chi connectivity index (χ3v) is 0. The van der Waals surface area contributed by atoms with Crippen LogP contribution in [0.2, 0.25) is 0 Å². The van der Waals surface area contributed by atoms with Crippen LogP contribution in [0.25, 0.3) is 0 Å². The molecule has 0 radical (unpaired) electrons. The van der Waals surface area contributed by atoms with E-state index in [4.69, 9.17) is 0 Å². The summed E-state index contributed by atoms with van der Waals surface area (Å²) in [6.07, 6.45) is 0. The molecule has 0 aromatic carbocycles. The Morgan fingerprint density at radius 3 is 0.600 bits per heavy atom. The summed E-state index contributed by atoms with van der Waals surface area (Å²) >= 11 is 0. The number of rotatable bonds is 0. The van der Waals surface area contributed by atoms with Crippen LogP contribution in [-0.4, -0.2) is 0 Å². The predicted molar refractivity (Wildman–Crippen MR) is 23.4 cm³/mol. The molecule has 5 heavy (non-hydrogen) atoms. The number of nitrogens with two attached hydrogens (primary N) is 2. The maximum atomic E-state index is 4.00. The summed E-state index contributed by atoms with van der Waals surface area (Å²) in [4.78, 5) is 0. The van der Waals surface area contributed by atoms with Crippen LogP contribution >= 0.6 is 0 Å². The van der Waals surface area contributed by atoms with E-state index in [-0.39, 0.29) is 18.5 Å². The molecule has 5 nitrogen and oxygen atoms in total. The molecule has 38 valence electrons. The van der Waals surface area contributed by atoms with E-state index in [0.717, 1.165) is 0 Å². The molecule has 0 saturated heterocycles. The molecule has 0 rings (SSSR count). The molecule has 0 atom stereocenters. The minimum atomic E-state index is 0. The first kappa shape index (κ1) is 108. The fourth-order valence-electron chi connectivity index (χ4n) is 0. The van der Waals surface area contributed by atoms with Crippen molar-refractivity contribution in [2.75, 3.05) is 0 Å². The Kier molecular flexibility index (Phi) is 16100. The van der Waals surface area contributed by atoms with Crippen LogP contribution in [0, 0.1) is 0 Å². The first-order valence-electron chi connectivity index (χ1n) is 0.333. The highest BCUT2D eigenvalue weighted by molar-refractivity contribution is 3.26. The number of hydrogen-bond acceptors (Lipinski definition) is 5. The molecule has 5 heteroatoms. The molecule has 13 N–H and O–H groups in total. The molecule has 0 unspecified atom stereocenters. The van der Waals surface area contributed by atoms with Gasteiger partial charge in [-0.15, -0.1) is 0 Å². The van der Waals surface area contributed by atoms with E-state index >= 15 is 0 Å². The minimum absolute atomic E-state index is 0. The maximum Gasteiger partial charge on any atom is -0.274 e. The summed E-state index contributed by atoms with van der Waals surface area (Å²) in [7, 11) is 0. The van der Waals surface area contributed by atoms with Gasteiger partial charge in [0.1, 0.15) is 0 Å². The zero-order chi connectivity index (χ0) is 2.00. The molecular weight excluding hydrogens is 70.0 g/mol. The van der Waals surface area contributed by atoms with E-state index in [1.165, 1.54) is 0 Å². The van der Waals surface area contributed by atoms with Gasteiger partial charge in [0, 0.05) is 0 Å². The van der Waals surface area contributed by atoms with Gasteiger partial charge in [0.25, 0.3) is 0 Å². The fourth-order valence-corrected chi connectivity index (χ4v) is 0. The summed E-state index contributed by atoms with van der Waals surface area (Å²) in [6.45, 7) is 0. The molecule has 0 aromatic heterocycles. The lowest BCUT2D eigenvalue weighted by Gasteiger charge is -1.27.